The maximum absolute atomic E-state index is 13.1. The normalized spacial score (nSPS) is 16.9. The third-order valence-electron chi connectivity index (χ3n) is 7.05. The number of fused-ring (bicyclic) bond motifs is 1. The zero-order valence-corrected chi connectivity index (χ0v) is 21.5. The van der Waals surface area contributed by atoms with Crippen molar-refractivity contribution >= 4 is 19.9 Å². The van der Waals surface area contributed by atoms with Crippen molar-refractivity contribution in [3.63, 3.8) is 0 Å². The SMILES string of the molecule is C[Si](C)(C)CCOCn1nc(C(=O)C2CC2)c2c1CC(c1ccccc1)(c1ccccc1)C=C2. The lowest BCUT2D eigenvalue weighted by atomic mass is 9.68. The van der Waals surface area contributed by atoms with Gasteiger partial charge in [0.15, 0.2) is 5.78 Å². The van der Waals surface area contributed by atoms with Gasteiger partial charge in [0.2, 0.25) is 0 Å². The van der Waals surface area contributed by atoms with Gasteiger partial charge in [0, 0.05) is 38.0 Å². The molecule has 2 aliphatic rings. The highest BCUT2D eigenvalue weighted by atomic mass is 28.3. The third-order valence-corrected chi connectivity index (χ3v) is 8.75. The fourth-order valence-electron chi connectivity index (χ4n) is 4.81. The molecule has 0 bridgehead atoms. The molecule has 0 unspecified atom stereocenters. The number of carbonyl (C=O) groups excluding carboxylic acids is 1. The Morgan fingerprint density at radius 3 is 2.21 bits per heavy atom. The molecule has 2 aliphatic carbocycles. The van der Waals surface area contributed by atoms with Gasteiger partial charge in [-0.2, -0.15) is 5.10 Å². The van der Waals surface area contributed by atoms with E-state index in [0.29, 0.717) is 12.4 Å². The molecule has 3 aromatic rings. The summed E-state index contributed by atoms with van der Waals surface area (Å²) in [4.78, 5) is 13.1. The fraction of sp³-hybridized carbons (Fsp3) is 0.379. The first-order chi connectivity index (χ1) is 16.4. The predicted molar refractivity (Wildman–Crippen MR) is 140 cm³/mol. The number of ether oxygens (including phenoxy) is 1. The molecule has 0 spiro atoms. The Hall–Kier alpha value is -2.76. The van der Waals surface area contributed by atoms with Crippen molar-refractivity contribution in [2.45, 2.75) is 57.1 Å². The maximum Gasteiger partial charge on any atom is 0.186 e. The Balaban J connectivity index is 1.54. The maximum atomic E-state index is 13.1. The molecule has 1 aromatic heterocycles. The number of Topliss-reactive ketones (excluding diaryl/α,β-unsaturated/α-hetero) is 1. The molecular weight excluding hydrogens is 436 g/mol. The number of rotatable bonds is 9. The number of nitrogens with zero attached hydrogens (tertiary/aromatic N) is 2. The summed E-state index contributed by atoms with van der Waals surface area (Å²) in [6, 6.07) is 22.4. The Kier molecular flexibility index (Phi) is 6.17. The standard InChI is InChI=1S/C29H34N2O2Si/c1-34(2,3)19-18-33-21-31-26-20-29(23-10-6-4-7-11-23,24-12-8-5-9-13-24)17-16-25(26)27(30-31)28(32)22-14-15-22/h4-13,16-17,22H,14-15,18-21H2,1-3H3. The monoisotopic (exact) mass is 470 g/mol. The molecule has 34 heavy (non-hydrogen) atoms. The van der Waals surface area contributed by atoms with E-state index < -0.39 is 8.07 Å². The van der Waals surface area contributed by atoms with Crippen LogP contribution in [-0.2, 0) is 23.3 Å². The molecule has 5 rings (SSSR count). The van der Waals surface area contributed by atoms with Crippen molar-refractivity contribution in [2.24, 2.45) is 5.92 Å². The van der Waals surface area contributed by atoms with E-state index in [1.807, 2.05) is 4.68 Å². The van der Waals surface area contributed by atoms with Gasteiger partial charge < -0.3 is 4.74 Å². The molecule has 4 nitrogen and oxygen atoms in total. The molecule has 0 atom stereocenters. The minimum absolute atomic E-state index is 0.142. The number of hydrogen-bond acceptors (Lipinski definition) is 3. The van der Waals surface area contributed by atoms with Gasteiger partial charge in [-0.3, -0.25) is 4.79 Å². The molecule has 1 heterocycles. The van der Waals surface area contributed by atoms with E-state index in [1.54, 1.807) is 0 Å². The van der Waals surface area contributed by atoms with Crippen molar-refractivity contribution in [1.82, 2.24) is 9.78 Å². The van der Waals surface area contributed by atoms with Crippen LogP contribution in [-0.4, -0.2) is 30.2 Å². The van der Waals surface area contributed by atoms with Crippen molar-refractivity contribution in [3.05, 3.63) is 94.8 Å². The summed E-state index contributed by atoms with van der Waals surface area (Å²) < 4.78 is 8.07. The highest BCUT2D eigenvalue weighted by molar-refractivity contribution is 6.76. The smallest absolute Gasteiger partial charge is 0.186 e. The molecule has 0 saturated heterocycles. The second kappa shape index (κ2) is 9.12. The number of benzene rings is 2. The second-order valence-electron chi connectivity index (χ2n) is 10.9. The van der Waals surface area contributed by atoms with E-state index >= 15 is 0 Å². The lowest BCUT2D eigenvalue weighted by Crippen LogP contribution is -2.32. The number of ketones is 1. The third kappa shape index (κ3) is 4.59. The lowest BCUT2D eigenvalue weighted by Gasteiger charge is -2.35. The molecule has 5 heteroatoms. The molecule has 0 amide bonds. The van der Waals surface area contributed by atoms with Gasteiger partial charge in [0.1, 0.15) is 12.4 Å². The first kappa shape index (κ1) is 23.0. The van der Waals surface area contributed by atoms with Crippen LogP contribution in [0.5, 0.6) is 0 Å². The van der Waals surface area contributed by atoms with Crippen LogP contribution >= 0.6 is 0 Å². The highest BCUT2D eigenvalue weighted by Gasteiger charge is 2.40. The zero-order chi connectivity index (χ0) is 23.8. The summed E-state index contributed by atoms with van der Waals surface area (Å²) in [5, 5.41) is 4.84. The zero-order valence-electron chi connectivity index (χ0n) is 20.5. The van der Waals surface area contributed by atoms with Crippen molar-refractivity contribution in [2.75, 3.05) is 6.61 Å². The van der Waals surface area contributed by atoms with Gasteiger partial charge in [-0.05, 0) is 30.0 Å². The first-order valence-electron chi connectivity index (χ1n) is 12.4. The van der Waals surface area contributed by atoms with E-state index in [2.05, 4.69) is 92.5 Å². The molecule has 0 radical (unpaired) electrons. The number of allylic oxidation sites excluding steroid dienone is 1. The van der Waals surface area contributed by atoms with Crippen LogP contribution in [0.1, 0.15) is 45.7 Å². The molecule has 0 N–H and O–H groups in total. The Bertz CT molecular complexity index is 1150. The van der Waals surface area contributed by atoms with Crippen LogP contribution in [0.25, 0.3) is 6.08 Å². The summed E-state index contributed by atoms with van der Waals surface area (Å²) in [6.07, 6.45) is 7.13. The van der Waals surface area contributed by atoms with Crippen LogP contribution < -0.4 is 0 Å². The van der Waals surface area contributed by atoms with Crippen LogP contribution in [0.15, 0.2) is 66.7 Å². The minimum Gasteiger partial charge on any atom is -0.360 e. The van der Waals surface area contributed by atoms with Crippen LogP contribution in [0.3, 0.4) is 0 Å². The summed E-state index contributed by atoms with van der Waals surface area (Å²) in [7, 11) is -1.17. The largest absolute Gasteiger partial charge is 0.360 e. The first-order valence-corrected chi connectivity index (χ1v) is 16.1. The van der Waals surface area contributed by atoms with E-state index in [0.717, 1.165) is 43.2 Å². The average Bonchev–Trinajstić information content (AvgIpc) is 3.64. The summed E-state index contributed by atoms with van der Waals surface area (Å²) in [6.45, 7) is 8.19. The quantitative estimate of drug-likeness (QED) is 0.208. The Morgan fingerprint density at radius 2 is 1.65 bits per heavy atom. The summed E-state index contributed by atoms with van der Waals surface area (Å²) >= 11 is 0. The van der Waals surface area contributed by atoms with Gasteiger partial charge in [0.05, 0.1) is 5.69 Å². The molecule has 1 fully saturated rings. The second-order valence-corrected chi connectivity index (χ2v) is 16.5. The average molecular weight is 471 g/mol. The van der Waals surface area contributed by atoms with Gasteiger partial charge in [-0.1, -0.05) is 92.5 Å². The fourth-order valence-corrected chi connectivity index (χ4v) is 5.57. The van der Waals surface area contributed by atoms with E-state index in [4.69, 9.17) is 9.84 Å². The van der Waals surface area contributed by atoms with E-state index in [-0.39, 0.29) is 17.1 Å². The highest BCUT2D eigenvalue weighted by Crippen LogP contribution is 2.43. The predicted octanol–water partition coefficient (Wildman–Crippen LogP) is 6.34. The Morgan fingerprint density at radius 1 is 1.03 bits per heavy atom. The van der Waals surface area contributed by atoms with Crippen LogP contribution in [0, 0.1) is 5.92 Å². The van der Waals surface area contributed by atoms with Crippen LogP contribution in [0.2, 0.25) is 25.7 Å². The van der Waals surface area contributed by atoms with Crippen molar-refractivity contribution < 1.29 is 9.53 Å². The molecular formula is C29H34N2O2Si. The van der Waals surface area contributed by atoms with Crippen molar-refractivity contribution in [3.8, 4) is 0 Å². The number of carbonyl (C=O) groups is 1. The van der Waals surface area contributed by atoms with Gasteiger partial charge in [0.25, 0.3) is 0 Å². The van der Waals surface area contributed by atoms with E-state index in [9.17, 15) is 4.79 Å². The van der Waals surface area contributed by atoms with Gasteiger partial charge in [-0.15, -0.1) is 0 Å². The van der Waals surface area contributed by atoms with Gasteiger partial charge in [-0.25, -0.2) is 4.68 Å². The Labute approximate surface area is 203 Å². The number of aromatic nitrogens is 2. The molecule has 0 aliphatic heterocycles. The summed E-state index contributed by atoms with van der Waals surface area (Å²) in [5.41, 5.74) is 4.86. The topological polar surface area (TPSA) is 44.1 Å². The summed E-state index contributed by atoms with van der Waals surface area (Å²) in [5.74, 6) is 0.331. The molecule has 2 aromatic carbocycles. The number of hydrogen-bond donors (Lipinski definition) is 0. The molecule has 1 saturated carbocycles. The lowest BCUT2D eigenvalue weighted by molar-refractivity contribution is 0.0753. The van der Waals surface area contributed by atoms with Crippen LogP contribution in [0.4, 0.5) is 0 Å². The van der Waals surface area contributed by atoms with E-state index in [1.165, 1.54) is 11.1 Å². The minimum atomic E-state index is -1.17. The molecule has 176 valence electrons. The van der Waals surface area contributed by atoms with Gasteiger partial charge >= 0.3 is 0 Å². The van der Waals surface area contributed by atoms with Crippen molar-refractivity contribution in [1.29, 1.82) is 0 Å².